The Kier molecular flexibility index (Phi) is 5.79. The Balaban J connectivity index is 1.26. The molecule has 166 valence electrons. The maximum Gasteiger partial charge on any atom is 0.238 e. The second-order valence-electron chi connectivity index (χ2n) is 8.06. The number of carbonyl (C=O) groups excluding carboxylic acids is 1. The number of hydrogen-bond acceptors (Lipinski definition) is 5. The second-order valence-corrected chi connectivity index (χ2v) is 8.49. The van der Waals surface area contributed by atoms with Gasteiger partial charge in [0.1, 0.15) is 5.75 Å². The number of rotatable bonds is 6. The van der Waals surface area contributed by atoms with E-state index in [0.717, 1.165) is 31.2 Å². The van der Waals surface area contributed by atoms with E-state index >= 15 is 0 Å². The SMILES string of the molecule is O=C(Nc1ccc(Oc2ccc(-n3cccn3)nn2)cc1)C1(c2ccc(Cl)cc2)CCCC1. The summed E-state index contributed by atoms with van der Waals surface area (Å²) >= 11 is 6.05. The summed E-state index contributed by atoms with van der Waals surface area (Å²) < 4.78 is 7.40. The number of amides is 1. The summed E-state index contributed by atoms with van der Waals surface area (Å²) in [6.45, 7) is 0. The zero-order valence-electron chi connectivity index (χ0n) is 17.8. The maximum atomic E-state index is 13.3. The van der Waals surface area contributed by atoms with Gasteiger partial charge in [0.25, 0.3) is 0 Å². The van der Waals surface area contributed by atoms with Crippen molar-refractivity contribution in [2.45, 2.75) is 31.1 Å². The van der Waals surface area contributed by atoms with Crippen molar-refractivity contribution in [1.29, 1.82) is 0 Å². The Morgan fingerprint density at radius 2 is 1.73 bits per heavy atom. The molecule has 0 aliphatic heterocycles. The van der Waals surface area contributed by atoms with Gasteiger partial charge in [0.15, 0.2) is 5.82 Å². The van der Waals surface area contributed by atoms with E-state index in [0.29, 0.717) is 28.2 Å². The lowest BCUT2D eigenvalue weighted by Gasteiger charge is -2.28. The molecule has 4 aromatic rings. The minimum atomic E-state index is -0.522. The van der Waals surface area contributed by atoms with Gasteiger partial charge in [0.05, 0.1) is 5.41 Å². The number of halogens is 1. The third kappa shape index (κ3) is 4.45. The molecule has 0 radical (unpaired) electrons. The number of ether oxygens (including phenoxy) is 1. The lowest BCUT2D eigenvalue weighted by molar-refractivity contribution is -0.121. The van der Waals surface area contributed by atoms with E-state index in [-0.39, 0.29) is 5.91 Å². The van der Waals surface area contributed by atoms with E-state index in [1.54, 1.807) is 41.3 Å². The van der Waals surface area contributed by atoms with Gasteiger partial charge in [0, 0.05) is 29.2 Å². The van der Waals surface area contributed by atoms with E-state index in [9.17, 15) is 4.79 Å². The lowest BCUT2D eigenvalue weighted by atomic mass is 9.78. The summed E-state index contributed by atoms with van der Waals surface area (Å²) in [5.74, 6) is 1.58. The summed E-state index contributed by atoms with van der Waals surface area (Å²) in [6, 6.07) is 20.2. The van der Waals surface area contributed by atoms with Crippen LogP contribution in [0.2, 0.25) is 5.02 Å². The van der Waals surface area contributed by atoms with Crippen LogP contribution in [-0.2, 0) is 10.2 Å². The van der Waals surface area contributed by atoms with Crippen molar-refractivity contribution >= 4 is 23.2 Å². The molecule has 1 saturated carbocycles. The summed E-state index contributed by atoms with van der Waals surface area (Å²) in [5.41, 5.74) is 1.21. The molecular formula is C25H22ClN5O2. The highest BCUT2D eigenvalue weighted by Crippen LogP contribution is 2.42. The number of anilines is 1. The Morgan fingerprint density at radius 3 is 2.36 bits per heavy atom. The van der Waals surface area contributed by atoms with Crippen LogP contribution >= 0.6 is 11.6 Å². The van der Waals surface area contributed by atoms with Crippen LogP contribution < -0.4 is 10.1 Å². The van der Waals surface area contributed by atoms with Gasteiger partial charge in [-0.3, -0.25) is 4.79 Å². The largest absolute Gasteiger partial charge is 0.438 e. The van der Waals surface area contributed by atoms with Gasteiger partial charge in [-0.1, -0.05) is 36.6 Å². The van der Waals surface area contributed by atoms with Crippen molar-refractivity contribution < 1.29 is 9.53 Å². The van der Waals surface area contributed by atoms with Crippen molar-refractivity contribution in [1.82, 2.24) is 20.0 Å². The minimum Gasteiger partial charge on any atom is -0.438 e. The predicted molar refractivity (Wildman–Crippen MR) is 126 cm³/mol. The van der Waals surface area contributed by atoms with E-state index in [1.807, 2.05) is 42.5 Å². The molecule has 0 atom stereocenters. The van der Waals surface area contributed by atoms with Gasteiger partial charge in [-0.2, -0.15) is 5.10 Å². The second kappa shape index (κ2) is 9.03. The standard InChI is InChI=1S/C25H22ClN5O2/c26-19-6-4-18(5-7-19)25(14-1-2-15-25)24(32)28-20-8-10-21(11-9-20)33-23-13-12-22(29-30-23)31-17-3-16-27-31/h3-13,16-17H,1-2,14-15H2,(H,28,32). The average molecular weight is 460 g/mol. The van der Waals surface area contributed by atoms with Crippen molar-refractivity contribution in [2.75, 3.05) is 5.32 Å². The first kappa shape index (κ1) is 21.2. The number of nitrogens with zero attached hydrogens (tertiary/aromatic N) is 4. The quantitative estimate of drug-likeness (QED) is 0.408. The average Bonchev–Trinajstić information content (AvgIpc) is 3.55. The molecule has 2 heterocycles. The Hall–Kier alpha value is -3.71. The highest BCUT2D eigenvalue weighted by molar-refractivity contribution is 6.30. The molecule has 0 saturated heterocycles. The van der Waals surface area contributed by atoms with E-state index in [2.05, 4.69) is 20.6 Å². The summed E-state index contributed by atoms with van der Waals surface area (Å²) in [4.78, 5) is 13.3. The number of aromatic nitrogens is 4. The van der Waals surface area contributed by atoms with Gasteiger partial charge >= 0.3 is 0 Å². The summed E-state index contributed by atoms with van der Waals surface area (Å²) in [7, 11) is 0. The molecule has 1 fully saturated rings. The molecule has 1 aliphatic carbocycles. The number of benzene rings is 2. The topological polar surface area (TPSA) is 81.9 Å². The molecule has 8 heteroatoms. The lowest BCUT2D eigenvalue weighted by Crippen LogP contribution is -2.37. The maximum absolute atomic E-state index is 13.3. The number of carbonyl (C=O) groups is 1. The molecule has 2 aromatic carbocycles. The Labute approximate surface area is 196 Å². The molecule has 33 heavy (non-hydrogen) atoms. The number of hydrogen-bond donors (Lipinski definition) is 1. The zero-order chi connectivity index (χ0) is 22.7. The normalized spacial score (nSPS) is 14.7. The molecule has 1 amide bonds. The fraction of sp³-hybridized carbons (Fsp3) is 0.200. The molecule has 7 nitrogen and oxygen atoms in total. The first-order valence-corrected chi connectivity index (χ1v) is 11.2. The van der Waals surface area contributed by atoms with Crippen LogP contribution in [-0.4, -0.2) is 25.9 Å². The molecule has 0 unspecified atom stereocenters. The molecule has 5 rings (SSSR count). The minimum absolute atomic E-state index is 0.0102. The number of nitrogens with one attached hydrogen (secondary N) is 1. The highest BCUT2D eigenvalue weighted by atomic mass is 35.5. The van der Waals surface area contributed by atoms with Gasteiger partial charge < -0.3 is 10.1 Å². The van der Waals surface area contributed by atoms with Gasteiger partial charge in [-0.15, -0.1) is 10.2 Å². The van der Waals surface area contributed by atoms with Crippen LogP contribution in [0.4, 0.5) is 5.69 Å². The summed E-state index contributed by atoms with van der Waals surface area (Å²) in [6.07, 6.45) is 7.19. The molecule has 2 aromatic heterocycles. The third-order valence-electron chi connectivity index (χ3n) is 5.99. The molecular weight excluding hydrogens is 438 g/mol. The van der Waals surface area contributed by atoms with Crippen molar-refractivity contribution in [3.63, 3.8) is 0 Å². The van der Waals surface area contributed by atoms with E-state index in [4.69, 9.17) is 16.3 Å². The molecule has 1 N–H and O–H groups in total. The van der Waals surface area contributed by atoms with Crippen LogP contribution in [0.1, 0.15) is 31.2 Å². The van der Waals surface area contributed by atoms with Crippen molar-refractivity contribution in [3.05, 3.63) is 89.7 Å². The van der Waals surface area contributed by atoms with E-state index < -0.39 is 5.41 Å². The predicted octanol–water partition coefficient (Wildman–Crippen LogP) is 5.56. The fourth-order valence-electron chi connectivity index (χ4n) is 4.27. The van der Waals surface area contributed by atoms with Crippen LogP contribution in [0.15, 0.2) is 79.1 Å². The molecule has 1 aliphatic rings. The van der Waals surface area contributed by atoms with Gasteiger partial charge in [0.2, 0.25) is 11.8 Å². The summed E-state index contributed by atoms with van der Waals surface area (Å²) in [5, 5.41) is 16.1. The first-order chi connectivity index (χ1) is 16.1. The third-order valence-corrected chi connectivity index (χ3v) is 6.24. The Bertz CT molecular complexity index is 1220. The monoisotopic (exact) mass is 459 g/mol. The van der Waals surface area contributed by atoms with Gasteiger partial charge in [-0.25, -0.2) is 4.68 Å². The van der Waals surface area contributed by atoms with E-state index in [1.165, 1.54) is 0 Å². The smallest absolute Gasteiger partial charge is 0.238 e. The van der Waals surface area contributed by atoms with Crippen LogP contribution in [0.3, 0.4) is 0 Å². The van der Waals surface area contributed by atoms with Crippen molar-refractivity contribution in [2.24, 2.45) is 0 Å². The fourth-order valence-corrected chi connectivity index (χ4v) is 4.39. The van der Waals surface area contributed by atoms with Crippen LogP contribution in [0.25, 0.3) is 5.82 Å². The van der Waals surface area contributed by atoms with Crippen LogP contribution in [0, 0.1) is 0 Å². The molecule has 0 bridgehead atoms. The Morgan fingerprint density at radius 1 is 0.970 bits per heavy atom. The zero-order valence-corrected chi connectivity index (χ0v) is 18.6. The van der Waals surface area contributed by atoms with Crippen LogP contribution in [0.5, 0.6) is 11.6 Å². The molecule has 0 spiro atoms. The van der Waals surface area contributed by atoms with Crippen molar-refractivity contribution in [3.8, 4) is 17.4 Å². The van der Waals surface area contributed by atoms with Gasteiger partial charge in [-0.05, 0) is 66.9 Å². The first-order valence-electron chi connectivity index (χ1n) is 10.8. The highest BCUT2D eigenvalue weighted by Gasteiger charge is 2.42.